The summed E-state index contributed by atoms with van der Waals surface area (Å²) >= 11 is 0. The molecular formula is C92H92O24. The third-order valence-corrected chi connectivity index (χ3v) is 21.4. The molecule has 0 aliphatic rings. The Labute approximate surface area is 666 Å². The van der Waals surface area contributed by atoms with E-state index in [0.29, 0.717) is 147 Å². The number of phenolic OH excluding ortho intramolecular Hbond substituents is 24. The molecule has 12 aromatic carbocycles. The Morgan fingerprint density at radius 1 is 0.147 bits per heavy atom. The van der Waals surface area contributed by atoms with Crippen LogP contribution in [0.25, 0.3) is 0 Å². The van der Waals surface area contributed by atoms with Gasteiger partial charge in [-0.25, -0.2) is 0 Å². The first-order valence-electron chi connectivity index (χ1n) is 37.5. The van der Waals surface area contributed by atoms with Crippen LogP contribution in [0.1, 0.15) is 114 Å². The van der Waals surface area contributed by atoms with E-state index in [1.165, 1.54) is 97.1 Å². The minimum Gasteiger partial charge on any atom is -0.504 e. The number of benzene rings is 12. The molecule has 0 amide bonds. The lowest BCUT2D eigenvalue weighted by molar-refractivity contribution is 0.357. The van der Waals surface area contributed by atoms with Crippen LogP contribution in [0.4, 0.5) is 0 Å². The van der Waals surface area contributed by atoms with Crippen LogP contribution in [0.2, 0.25) is 0 Å². The molecule has 0 aliphatic heterocycles. The van der Waals surface area contributed by atoms with Gasteiger partial charge in [-0.05, 0) is 312 Å². The highest BCUT2D eigenvalue weighted by molar-refractivity contribution is 5.58. The van der Waals surface area contributed by atoms with Crippen molar-refractivity contribution in [1.82, 2.24) is 0 Å². The molecule has 604 valence electrons. The first kappa shape index (κ1) is 82.8. The van der Waals surface area contributed by atoms with Gasteiger partial charge in [0.25, 0.3) is 0 Å². The molecule has 0 unspecified atom stereocenters. The summed E-state index contributed by atoms with van der Waals surface area (Å²) in [5, 5.41) is 242. The molecule has 0 aromatic heterocycles. The van der Waals surface area contributed by atoms with Crippen LogP contribution in [-0.2, 0) is 89.9 Å². The van der Waals surface area contributed by atoms with Crippen molar-refractivity contribution in [1.29, 1.82) is 0 Å². The third kappa shape index (κ3) is 20.9. The summed E-state index contributed by atoms with van der Waals surface area (Å²) in [4.78, 5) is 0. The van der Waals surface area contributed by atoms with Crippen LogP contribution in [0.15, 0.2) is 194 Å². The van der Waals surface area contributed by atoms with Gasteiger partial charge in [-0.15, -0.1) is 0 Å². The largest absolute Gasteiger partial charge is 0.504 e. The van der Waals surface area contributed by atoms with E-state index >= 15 is 0 Å². The molecule has 24 heteroatoms. The molecule has 24 N–H and O–H groups in total. The van der Waals surface area contributed by atoms with E-state index in [1.807, 2.05) is 97.1 Å². The topological polar surface area (TPSA) is 486 Å². The molecule has 0 fully saturated rings. The van der Waals surface area contributed by atoms with Gasteiger partial charge in [0.05, 0.1) is 0 Å². The highest BCUT2D eigenvalue weighted by atomic mass is 16.4. The molecule has 0 saturated heterocycles. The Morgan fingerprint density at radius 3 is 0.466 bits per heavy atom. The number of aromatic hydroxyl groups is 24. The molecule has 0 aliphatic carbocycles. The maximum atomic E-state index is 10.6. The molecule has 0 bridgehead atoms. The second-order valence-corrected chi connectivity index (χ2v) is 29.6. The summed E-state index contributed by atoms with van der Waals surface area (Å²) in [6.45, 7) is 0. The summed E-state index contributed by atoms with van der Waals surface area (Å²) in [7, 11) is 0. The lowest BCUT2D eigenvalue weighted by atomic mass is 9.75. The zero-order valence-electron chi connectivity index (χ0n) is 62.8. The number of aryl methyl sites for hydroxylation is 10. The van der Waals surface area contributed by atoms with Gasteiger partial charge in [0.2, 0.25) is 0 Å². The van der Waals surface area contributed by atoms with Crippen LogP contribution in [0.5, 0.6) is 138 Å². The highest BCUT2D eigenvalue weighted by Crippen LogP contribution is 2.48. The van der Waals surface area contributed by atoms with Crippen molar-refractivity contribution in [2.24, 2.45) is 11.8 Å². The maximum Gasteiger partial charge on any atom is 0.200 e. The smallest absolute Gasteiger partial charge is 0.200 e. The van der Waals surface area contributed by atoms with Crippen LogP contribution in [0, 0.1) is 11.8 Å². The monoisotopic (exact) mass is 1580 g/mol. The summed E-state index contributed by atoms with van der Waals surface area (Å²) in [6, 6.07) is 54.2. The average molecular weight is 1580 g/mol. The average Bonchev–Trinajstić information content (AvgIpc) is 0.804. The van der Waals surface area contributed by atoms with Crippen molar-refractivity contribution in [3.63, 3.8) is 0 Å². The second-order valence-electron chi connectivity index (χ2n) is 29.6. The number of rotatable bonds is 30. The van der Waals surface area contributed by atoms with Crippen molar-refractivity contribution in [2.45, 2.75) is 115 Å². The Hall–Kier alpha value is -14.2. The van der Waals surface area contributed by atoms with E-state index in [0.717, 1.165) is 44.5 Å². The van der Waals surface area contributed by atoms with Gasteiger partial charge in [0.1, 0.15) is 0 Å². The standard InChI is InChI=1S/2C46H46O12/c2*47-35-17-29(18-36(48)43(35)55)11-5-25-1-7-27(8-2-25)15-32(14-13-31-21-39(51)45(57)40(52)22-31)34(33-23-41(53)46(58)42(54)24-33)16-28-9-3-26(4-10-28)6-12-30-19-37(49)44(56)38(50)20-30/h2*1-4,7-10,17-24,32,34,47-58H,5-6,11-16H2/t2*32-,34-/m10/s1. The Kier molecular flexibility index (Phi) is 26.1. The number of hydrogen-bond donors (Lipinski definition) is 24. The Bertz CT molecular complexity index is 4930. The second kappa shape index (κ2) is 36.5. The molecule has 0 heterocycles. The van der Waals surface area contributed by atoms with E-state index in [2.05, 4.69) is 0 Å². The number of hydrogen-bond acceptors (Lipinski definition) is 24. The predicted octanol–water partition coefficient (Wildman–Crippen LogP) is 15.1. The first-order chi connectivity index (χ1) is 55.3. The van der Waals surface area contributed by atoms with Gasteiger partial charge in [0, 0.05) is 0 Å². The molecule has 116 heavy (non-hydrogen) atoms. The lowest BCUT2D eigenvalue weighted by Gasteiger charge is -2.29. The first-order valence-corrected chi connectivity index (χ1v) is 37.5. The van der Waals surface area contributed by atoms with Crippen LogP contribution >= 0.6 is 0 Å². The van der Waals surface area contributed by atoms with E-state index in [-0.39, 0.29) is 23.7 Å². The molecule has 4 atom stereocenters. The van der Waals surface area contributed by atoms with Crippen LogP contribution in [0.3, 0.4) is 0 Å². The fourth-order valence-electron chi connectivity index (χ4n) is 14.9. The minimum absolute atomic E-state index is 0.190. The van der Waals surface area contributed by atoms with Crippen LogP contribution in [-0.4, -0.2) is 123 Å². The Morgan fingerprint density at radius 2 is 0.284 bits per heavy atom. The molecule has 0 spiro atoms. The maximum absolute atomic E-state index is 10.6. The van der Waals surface area contributed by atoms with E-state index < -0.39 is 138 Å². The molecule has 0 radical (unpaired) electrons. The van der Waals surface area contributed by atoms with Crippen molar-refractivity contribution < 1.29 is 123 Å². The fourth-order valence-corrected chi connectivity index (χ4v) is 14.9. The quantitative estimate of drug-likeness (QED) is 0.0186. The normalized spacial score (nSPS) is 12.3. The van der Waals surface area contributed by atoms with Crippen molar-refractivity contribution in [2.75, 3.05) is 0 Å². The van der Waals surface area contributed by atoms with Gasteiger partial charge < -0.3 is 123 Å². The van der Waals surface area contributed by atoms with Gasteiger partial charge in [-0.1, -0.05) is 97.1 Å². The van der Waals surface area contributed by atoms with Crippen molar-refractivity contribution >= 4 is 0 Å². The van der Waals surface area contributed by atoms with Gasteiger partial charge in [0.15, 0.2) is 138 Å². The summed E-state index contributed by atoms with van der Waals surface area (Å²) in [5.41, 5.74) is 12.7. The molecule has 12 aromatic rings. The summed E-state index contributed by atoms with van der Waals surface area (Å²) < 4.78 is 0. The Balaban J connectivity index is 0.000000228. The molecule has 24 nitrogen and oxygen atoms in total. The fraction of sp³-hybridized carbons (Fsp3) is 0.217. The van der Waals surface area contributed by atoms with Gasteiger partial charge >= 0.3 is 0 Å². The predicted molar refractivity (Wildman–Crippen MR) is 431 cm³/mol. The van der Waals surface area contributed by atoms with Crippen LogP contribution < -0.4 is 0 Å². The van der Waals surface area contributed by atoms with Gasteiger partial charge in [-0.2, -0.15) is 0 Å². The third-order valence-electron chi connectivity index (χ3n) is 21.4. The van der Waals surface area contributed by atoms with E-state index in [1.54, 1.807) is 0 Å². The van der Waals surface area contributed by atoms with E-state index in [4.69, 9.17) is 0 Å². The molecular weight excluding hydrogens is 1490 g/mol. The zero-order chi connectivity index (χ0) is 83.3. The minimum atomic E-state index is -0.637. The summed E-state index contributed by atoms with van der Waals surface area (Å²) in [5.74, 6) is -12.8. The SMILES string of the molecule is Oc1cc(CCc2ccc(C[C@@H](CCc3cc(O)c(O)c(O)c3)[C@@H](Cc3ccc(CCc4cc(O)c(O)c(O)c4)cc3)c3cc(O)c(O)c(O)c3)cc2)cc(O)c1O.Oc1cc(CCc2ccc(C[C@H](CCc3cc(O)c(O)c(O)c3)[C@H](Cc3ccc(CCc4cc(O)c(O)c(O)c4)cc3)c3cc(O)c(O)c(O)c3)cc2)cc(O)c1O. The highest BCUT2D eigenvalue weighted by Gasteiger charge is 2.30. The number of phenols is 24. The van der Waals surface area contributed by atoms with Gasteiger partial charge in [-0.3, -0.25) is 0 Å². The molecule has 12 rings (SSSR count). The zero-order valence-corrected chi connectivity index (χ0v) is 62.8. The van der Waals surface area contributed by atoms with Crippen molar-refractivity contribution in [3.8, 4) is 138 Å². The van der Waals surface area contributed by atoms with Crippen molar-refractivity contribution in [3.05, 3.63) is 283 Å². The lowest BCUT2D eigenvalue weighted by Crippen LogP contribution is -2.19. The molecule has 0 saturated carbocycles. The summed E-state index contributed by atoms with van der Waals surface area (Å²) in [6.07, 6.45) is 8.00. The van der Waals surface area contributed by atoms with E-state index in [9.17, 15) is 123 Å².